The van der Waals surface area contributed by atoms with Gasteiger partial charge in [-0.05, 0) is 24.3 Å². The molecule has 116 valence electrons. The van der Waals surface area contributed by atoms with Crippen molar-refractivity contribution >= 4 is 11.6 Å². The lowest BCUT2D eigenvalue weighted by Crippen LogP contribution is -2.18. The molecule has 1 aromatic carbocycles. The largest absolute Gasteiger partial charge is 0.469 e. The fraction of sp³-hybridized carbons (Fsp3) is 0.133. The van der Waals surface area contributed by atoms with Gasteiger partial charge in [0.15, 0.2) is 11.5 Å². The van der Waals surface area contributed by atoms with Gasteiger partial charge in [-0.2, -0.15) is 0 Å². The quantitative estimate of drug-likeness (QED) is 0.757. The van der Waals surface area contributed by atoms with Crippen LogP contribution in [0.2, 0.25) is 0 Å². The fourth-order valence-electron chi connectivity index (χ4n) is 2.22. The third-order valence-electron chi connectivity index (χ3n) is 3.32. The van der Waals surface area contributed by atoms with Crippen LogP contribution in [0.25, 0.3) is 0 Å². The highest BCUT2D eigenvalue weighted by atomic mass is 16.7. The van der Waals surface area contributed by atoms with Crippen molar-refractivity contribution in [2.75, 3.05) is 12.1 Å². The highest BCUT2D eigenvalue weighted by Crippen LogP contribution is 2.34. The van der Waals surface area contributed by atoms with E-state index in [1.807, 2.05) is 0 Å². The smallest absolute Gasteiger partial charge is 0.274 e. The monoisotopic (exact) mass is 312 g/mol. The molecule has 4 rings (SSSR count). The first kappa shape index (κ1) is 13.4. The van der Waals surface area contributed by atoms with E-state index in [4.69, 9.17) is 13.9 Å². The second-order valence-corrected chi connectivity index (χ2v) is 4.90. The number of furan rings is 1. The zero-order chi connectivity index (χ0) is 15.6. The lowest BCUT2D eigenvalue weighted by Gasteiger charge is -2.06. The number of hydrogen-bond donors (Lipinski definition) is 2. The second kappa shape index (κ2) is 5.48. The predicted octanol–water partition coefficient (Wildman–Crippen LogP) is 1.82. The standard InChI is InChI=1S/C15H12N4O4/c20-14-11(7-10-2-1-5-21-10)18-19-15(17-14)16-9-3-4-12-13(6-9)23-8-22-12/h1-6H,7-8H2,(H2,16,17,19,20). The molecule has 2 aromatic heterocycles. The number of rotatable bonds is 4. The first-order chi connectivity index (χ1) is 11.3. The van der Waals surface area contributed by atoms with Crippen molar-refractivity contribution < 1.29 is 13.9 Å². The summed E-state index contributed by atoms with van der Waals surface area (Å²) in [5.41, 5.74) is 0.675. The highest BCUT2D eigenvalue weighted by Gasteiger charge is 2.14. The lowest BCUT2D eigenvalue weighted by atomic mass is 10.2. The molecule has 0 amide bonds. The molecule has 23 heavy (non-hydrogen) atoms. The van der Waals surface area contributed by atoms with Gasteiger partial charge in [0.05, 0.1) is 12.7 Å². The number of nitrogens with zero attached hydrogens (tertiary/aromatic N) is 2. The van der Waals surface area contributed by atoms with Crippen molar-refractivity contribution in [1.82, 2.24) is 15.2 Å². The van der Waals surface area contributed by atoms with Gasteiger partial charge in [-0.1, -0.05) is 0 Å². The summed E-state index contributed by atoms with van der Waals surface area (Å²) < 4.78 is 15.7. The number of hydrogen-bond acceptors (Lipinski definition) is 7. The number of fused-ring (bicyclic) bond motifs is 1. The van der Waals surface area contributed by atoms with Crippen molar-refractivity contribution in [3.8, 4) is 11.5 Å². The Morgan fingerprint density at radius 1 is 1.17 bits per heavy atom. The second-order valence-electron chi connectivity index (χ2n) is 4.90. The molecule has 0 saturated carbocycles. The molecule has 2 N–H and O–H groups in total. The first-order valence-corrected chi connectivity index (χ1v) is 6.93. The average Bonchev–Trinajstić information content (AvgIpc) is 3.21. The molecule has 0 atom stereocenters. The van der Waals surface area contributed by atoms with Crippen molar-refractivity contribution in [1.29, 1.82) is 0 Å². The Balaban J connectivity index is 1.53. The maximum Gasteiger partial charge on any atom is 0.274 e. The van der Waals surface area contributed by atoms with Crippen LogP contribution in [0.5, 0.6) is 11.5 Å². The van der Waals surface area contributed by atoms with Crippen LogP contribution in [0.15, 0.2) is 45.8 Å². The molecule has 0 radical (unpaired) electrons. The summed E-state index contributed by atoms with van der Waals surface area (Å²) in [7, 11) is 0. The van der Waals surface area contributed by atoms with E-state index >= 15 is 0 Å². The normalized spacial score (nSPS) is 12.3. The molecule has 1 aliphatic rings. The molecule has 0 saturated heterocycles. The minimum atomic E-state index is -0.320. The molecular weight excluding hydrogens is 300 g/mol. The highest BCUT2D eigenvalue weighted by molar-refractivity contribution is 5.60. The Morgan fingerprint density at radius 3 is 2.91 bits per heavy atom. The van der Waals surface area contributed by atoms with Gasteiger partial charge in [0.25, 0.3) is 5.56 Å². The summed E-state index contributed by atoms with van der Waals surface area (Å²) >= 11 is 0. The Kier molecular flexibility index (Phi) is 3.19. The Labute approximate surface area is 130 Å². The van der Waals surface area contributed by atoms with Crippen LogP contribution in [0, 0.1) is 0 Å². The van der Waals surface area contributed by atoms with Gasteiger partial charge in [-0.3, -0.25) is 9.78 Å². The summed E-state index contributed by atoms with van der Waals surface area (Å²) in [6.07, 6.45) is 1.84. The molecule has 0 unspecified atom stereocenters. The number of nitrogens with one attached hydrogen (secondary N) is 2. The summed E-state index contributed by atoms with van der Waals surface area (Å²) in [4.78, 5) is 14.7. The Morgan fingerprint density at radius 2 is 2.09 bits per heavy atom. The van der Waals surface area contributed by atoms with Crippen LogP contribution in [0.4, 0.5) is 11.6 Å². The molecule has 0 spiro atoms. The Bertz CT molecular complexity index is 889. The summed E-state index contributed by atoms with van der Waals surface area (Å²) in [5.74, 6) is 2.22. The number of ether oxygens (including phenoxy) is 2. The SMILES string of the molecule is O=c1[nH]c(Nc2ccc3c(c2)OCO3)nnc1Cc1ccco1. The van der Waals surface area contributed by atoms with Gasteiger partial charge < -0.3 is 19.2 Å². The minimum absolute atomic E-state index is 0.205. The van der Waals surface area contributed by atoms with Crippen molar-refractivity contribution in [3.05, 3.63) is 58.4 Å². The molecule has 8 nitrogen and oxygen atoms in total. The van der Waals surface area contributed by atoms with Gasteiger partial charge >= 0.3 is 0 Å². The fourth-order valence-corrected chi connectivity index (χ4v) is 2.22. The van der Waals surface area contributed by atoms with E-state index in [9.17, 15) is 4.79 Å². The number of H-pyrrole nitrogens is 1. The third kappa shape index (κ3) is 2.73. The molecule has 0 fully saturated rings. The molecule has 3 heterocycles. The average molecular weight is 312 g/mol. The summed E-state index contributed by atoms with van der Waals surface area (Å²) in [5, 5.41) is 10.9. The molecule has 1 aliphatic heterocycles. The maximum atomic E-state index is 12.1. The number of anilines is 2. The molecule has 3 aromatic rings. The molecule has 0 aliphatic carbocycles. The van der Waals surface area contributed by atoms with Crippen LogP contribution < -0.4 is 20.3 Å². The van der Waals surface area contributed by atoms with Crippen LogP contribution >= 0.6 is 0 Å². The number of aromatic amines is 1. The van der Waals surface area contributed by atoms with E-state index in [0.29, 0.717) is 29.4 Å². The van der Waals surface area contributed by atoms with E-state index in [-0.39, 0.29) is 24.0 Å². The lowest BCUT2D eigenvalue weighted by molar-refractivity contribution is 0.174. The van der Waals surface area contributed by atoms with Gasteiger partial charge in [-0.15, -0.1) is 10.2 Å². The molecule has 8 heteroatoms. The van der Waals surface area contributed by atoms with Crippen LogP contribution in [0.1, 0.15) is 11.5 Å². The van der Waals surface area contributed by atoms with Gasteiger partial charge in [0.2, 0.25) is 12.7 Å². The van der Waals surface area contributed by atoms with E-state index in [2.05, 4.69) is 20.5 Å². The van der Waals surface area contributed by atoms with Crippen LogP contribution in [0.3, 0.4) is 0 Å². The van der Waals surface area contributed by atoms with Crippen molar-refractivity contribution in [2.45, 2.75) is 6.42 Å². The van der Waals surface area contributed by atoms with E-state index in [0.717, 1.165) is 0 Å². The zero-order valence-electron chi connectivity index (χ0n) is 11.9. The van der Waals surface area contributed by atoms with Crippen LogP contribution in [-0.2, 0) is 6.42 Å². The first-order valence-electron chi connectivity index (χ1n) is 6.93. The van der Waals surface area contributed by atoms with Gasteiger partial charge in [0, 0.05) is 11.8 Å². The van der Waals surface area contributed by atoms with Gasteiger partial charge in [-0.25, -0.2) is 0 Å². The number of benzene rings is 1. The van der Waals surface area contributed by atoms with Crippen LogP contribution in [-0.4, -0.2) is 22.0 Å². The van der Waals surface area contributed by atoms with Crippen molar-refractivity contribution in [3.63, 3.8) is 0 Å². The zero-order valence-corrected chi connectivity index (χ0v) is 11.9. The minimum Gasteiger partial charge on any atom is -0.469 e. The van der Waals surface area contributed by atoms with Crippen molar-refractivity contribution in [2.24, 2.45) is 0 Å². The Hall–Kier alpha value is -3.29. The molecule has 0 bridgehead atoms. The van der Waals surface area contributed by atoms with E-state index in [1.54, 1.807) is 36.6 Å². The topological polar surface area (TPSA) is 102 Å². The summed E-state index contributed by atoms with van der Waals surface area (Å²) in [6, 6.07) is 8.87. The maximum absolute atomic E-state index is 12.1. The molecular formula is C15H12N4O4. The van der Waals surface area contributed by atoms with E-state index in [1.165, 1.54) is 0 Å². The predicted molar refractivity (Wildman–Crippen MR) is 80.0 cm³/mol. The van der Waals surface area contributed by atoms with E-state index < -0.39 is 0 Å². The summed E-state index contributed by atoms with van der Waals surface area (Å²) in [6.45, 7) is 0.205. The van der Waals surface area contributed by atoms with Gasteiger partial charge in [0.1, 0.15) is 11.5 Å². The number of aromatic nitrogens is 3. The third-order valence-corrected chi connectivity index (χ3v) is 3.32.